The summed E-state index contributed by atoms with van der Waals surface area (Å²) >= 11 is 0.921. The number of hydrogen-bond acceptors (Lipinski definition) is 6. The molecule has 0 atom stereocenters. The zero-order valence-corrected chi connectivity index (χ0v) is 9.67. The molecule has 2 aromatic rings. The van der Waals surface area contributed by atoms with Gasteiger partial charge in [-0.25, -0.2) is 23.2 Å². The maximum absolute atomic E-state index is 11.2. The van der Waals surface area contributed by atoms with Crippen LogP contribution in [0.25, 0.3) is 10.2 Å². The average Bonchev–Trinajstić information content (AvgIpc) is 2.58. The van der Waals surface area contributed by atoms with Crippen molar-refractivity contribution >= 4 is 37.4 Å². The number of thiophene rings is 1. The first kappa shape index (κ1) is 11.0. The van der Waals surface area contributed by atoms with Crippen LogP contribution in [0.1, 0.15) is 9.67 Å². The molecule has 0 unspecified atom stereocenters. The lowest BCUT2D eigenvalue weighted by molar-refractivity contribution is 0.0702. The number of fused-ring (bicyclic) bond motifs is 1. The Labute approximate surface area is 94.5 Å². The van der Waals surface area contributed by atoms with Crippen LogP contribution in [-0.2, 0) is 9.84 Å². The van der Waals surface area contributed by atoms with E-state index in [1.54, 1.807) is 0 Å². The molecule has 6 nitrogen and oxygen atoms in total. The average molecular weight is 258 g/mol. The largest absolute Gasteiger partial charge is 0.477 e. The van der Waals surface area contributed by atoms with Crippen LogP contribution in [0, 0.1) is 0 Å². The van der Waals surface area contributed by atoms with Crippen LogP contribution >= 0.6 is 11.3 Å². The number of sulfone groups is 1. The van der Waals surface area contributed by atoms with Gasteiger partial charge in [0, 0.05) is 17.8 Å². The molecule has 0 radical (unpaired) electrons. The molecule has 0 aliphatic rings. The topological polar surface area (TPSA) is 97.2 Å². The predicted molar refractivity (Wildman–Crippen MR) is 57.5 cm³/mol. The van der Waals surface area contributed by atoms with Gasteiger partial charge in [-0.15, -0.1) is 11.3 Å². The number of aromatic nitrogens is 2. The van der Waals surface area contributed by atoms with E-state index in [0.29, 0.717) is 10.2 Å². The van der Waals surface area contributed by atoms with Crippen molar-refractivity contribution < 1.29 is 18.3 Å². The summed E-state index contributed by atoms with van der Waals surface area (Å²) in [6.07, 6.45) is 2.31. The summed E-state index contributed by atoms with van der Waals surface area (Å²) in [4.78, 5) is 18.6. The number of hydrogen-bond donors (Lipinski definition) is 1. The Morgan fingerprint density at radius 3 is 2.75 bits per heavy atom. The Kier molecular flexibility index (Phi) is 2.39. The first-order chi connectivity index (χ1) is 7.38. The van der Waals surface area contributed by atoms with Crippen LogP contribution in [0.4, 0.5) is 0 Å². The second kappa shape index (κ2) is 3.49. The Bertz CT molecular complexity index is 674. The summed E-state index contributed by atoms with van der Waals surface area (Å²) in [5.41, 5.74) is 0. The van der Waals surface area contributed by atoms with Gasteiger partial charge in [0.15, 0.2) is 0 Å². The second-order valence-corrected chi connectivity index (χ2v) is 6.04. The van der Waals surface area contributed by atoms with Gasteiger partial charge < -0.3 is 5.11 Å². The summed E-state index contributed by atoms with van der Waals surface area (Å²) in [5.74, 6) is -1.07. The Morgan fingerprint density at radius 2 is 2.19 bits per heavy atom. The number of carboxylic acid groups (broad SMARTS) is 1. The molecule has 0 aromatic carbocycles. The summed E-state index contributed by atoms with van der Waals surface area (Å²) in [5, 5.41) is 8.99. The molecule has 16 heavy (non-hydrogen) atoms. The highest BCUT2D eigenvalue weighted by molar-refractivity contribution is 7.90. The highest BCUT2D eigenvalue weighted by Gasteiger charge is 2.14. The van der Waals surface area contributed by atoms with Crippen molar-refractivity contribution in [3.8, 4) is 0 Å². The monoisotopic (exact) mass is 258 g/mol. The quantitative estimate of drug-likeness (QED) is 0.800. The van der Waals surface area contributed by atoms with Crippen LogP contribution in [0.2, 0.25) is 0 Å². The lowest BCUT2D eigenvalue weighted by atomic mass is 10.4. The van der Waals surface area contributed by atoms with Crippen molar-refractivity contribution in [3.05, 3.63) is 17.1 Å². The Morgan fingerprint density at radius 1 is 1.50 bits per heavy atom. The van der Waals surface area contributed by atoms with Gasteiger partial charge >= 0.3 is 5.97 Å². The molecule has 0 amide bonds. The third-order valence-corrected chi connectivity index (χ3v) is 3.69. The van der Waals surface area contributed by atoms with Crippen LogP contribution in [-0.4, -0.2) is 35.7 Å². The maximum atomic E-state index is 11.2. The molecule has 0 fully saturated rings. The van der Waals surface area contributed by atoms with E-state index in [4.69, 9.17) is 5.11 Å². The Balaban J connectivity index is 2.67. The van der Waals surface area contributed by atoms with E-state index in [9.17, 15) is 13.2 Å². The first-order valence-electron chi connectivity index (χ1n) is 4.08. The minimum atomic E-state index is -3.47. The van der Waals surface area contributed by atoms with Gasteiger partial charge in [-0.3, -0.25) is 0 Å². The molecular formula is C8H6N2O4S2. The van der Waals surface area contributed by atoms with E-state index in [-0.39, 0.29) is 10.0 Å². The molecule has 0 spiro atoms. The van der Waals surface area contributed by atoms with E-state index in [2.05, 4.69) is 9.97 Å². The van der Waals surface area contributed by atoms with Crippen molar-refractivity contribution in [3.63, 3.8) is 0 Å². The summed E-state index contributed by atoms with van der Waals surface area (Å²) in [6.45, 7) is 0. The van der Waals surface area contributed by atoms with E-state index in [1.165, 1.54) is 12.3 Å². The minimum Gasteiger partial charge on any atom is -0.477 e. The van der Waals surface area contributed by atoms with Gasteiger partial charge in [0.05, 0.1) is 0 Å². The van der Waals surface area contributed by atoms with Crippen LogP contribution in [0.3, 0.4) is 0 Å². The van der Waals surface area contributed by atoms with Gasteiger partial charge in [0.25, 0.3) is 0 Å². The highest BCUT2D eigenvalue weighted by Crippen LogP contribution is 2.23. The molecule has 2 aromatic heterocycles. The minimum absolute atomic E-state index is 0.106. The molecule has 0 saturated carbocycles. The van der Waals surface area contributed by atoms with Crippen molar-refractivity contribution in [2.75, 3.05) is 6.26 Å². The number of carbonyl (C=O) groups is 1. The van der Waals surface area contributed by atoms with Crippen molar-refractivity contribution in [1.82, 2.24) is 9.97 Å². The molecule has 0 saturated heterocycles. The van der Waals surface area contributed by atoms with Crippen molar-refractivity contribution in [1.29, 1.82) is 0 Å². The fourth-order valence-corrected chi connectivity index (χ4v) is 2.50. The van der Waals surface area contributed by atoms with Gasteiger partial charge in [-0.1, -0.05) is 0 Å². The SMILES string of the molecule is CS(=O)(=O)c1ncc2cc(C(=O)O)sc2n1. The number of nitrogens with zero attached hydrogens (tertiary/aromatic N) is 2. The number of aromatic carboxylic acids is 1. The van der Waals surface area contributed by atoms with Crippen molar-refractivity contribution in [2.45, 2.75) is 5.16 Å². The van der Waals surface area contributed by atoms with Gasteiger partial charge in [0.2, 0.25) is 15.0 Å². The van der Waals surface area contributed by atoms with E-state index in [1.807, 2.05) is 0 Å². The van der Waals surface area contributed by atoms with Gasteiger partial charge in [-0.2, -0.15) is 0 Å². The molecule has 8 heteroatoms. The maximum Gasteiger partial charge on any atom is 0.345 e. The van der Waals surface area contributed by atoms with E-state index < -0.39 is 15.8 Å². The molecule has 1 N–H and O–H groups in total. The van der Waals surface area contributed by atoms with Crippen molar-refractivity contribution in [2.24, 2.45) is 0 Å². The fourth-order valence-electron chi connectivity index (χ4n) is 1.10. The lowest BCUT2D eigenvalue weighted by Crippen LogP contribution is -2.02. The molecule has 0 aliphatic carbocycles. The highest BCUT2D eigenvalue weighted by atomic mass is 32.2. The molecule has 0 aliphatic heterocycles. The van der Waals surface area contributed by atoms with Gasteiger partial charge in [0.1, 0.15) is 9.71 Å². The third-order valence-electron chi connectivity index (χ3n) is 1.79. The summed E-state index contributed by atoms with van der Waals surface area (Å²) in [6, 6.07) is 1.41. The first-order valence-corrected chi connectivity index (χ1v) is 6.78. The standard InChI is InChI=1S/C8H6N2O4S2/c1-16(13,14)8-9-3-4-2-5(7(11)12)15-6(4)10-8/h2-3H,1H3,(H,11,12). The fraction of sp³-hybridized carbons (Fsp3) is 0.125. The van der Waals surface area contributed by atoms with Crippen LogP contribution in [0.5, 0.6) is 0 Å². The molecule has 2 heterocycles. The van der Waals surface area contributed by atoms with Crippen LogP contribution in [0.15, 0.2) is 17.4 Å². The van der Waals surface area contributed by atoms with E-state index in [0.717, 1.165) is 17.6 Å². The van der Waals surface area contributed by atoms with Crippen LogP contribution < -0.4 is 0 Å². The normalized spacial score (nSPS) is 11.8. The lowest BCUT2D eigenvalue weighted by Gasteiger charge is -1.94. The molecule has 2 rings (SSSR count). The number of rotatable bonds is 2. The second-order valence-electron chi connectivity index (χ2n) is 3.10. The molecule has 0 bridgehead atoms. The molecule has 84 valence electrons. The third kappa shape index (κ3) is 1.89. The van der Waals surface area contributed by atoms with Gasteiger partial charge in [-0.05, 0) is 6.07 Å². The van der Waals surface area contributed by atoms with E-state index >= 15 is 0 Å². The zero-order chi connectivity index (χ0) is 11.9. The number of carboxylic acids is 1. The summed E-state index contributed by atoms with van der Waals surface area (Å²) in [7, 11) is -3.47. The summed E-state index contributed by atoms with van der Waals surface area (Å²) < 4.78 is 22.4. The Hall–Kier alpha value is -1.54. The predicted octanol–water partition coefficient (Wildman–Crippen LogP) is 0.793. The zero-order valence-electron chi connectivity index (χ0n) is 8.04. The molecular weight excluding hydrogens is 252 g/mol. The smallest absolute Gasteiger partial charge is 0.345 e.